The van der Waals surface area contributed by atoms with Crippen LogP contribution in [0, 0.1) is 5.82 Å². The molecule has 0 aliphatic carbocycles. The Morgan fingerprint density at radius 1 is 1.13 bits per heavy atom. The number of aromatic amines is 1. The van der Waals surface area contributed by atoms with E-state index in [2.05, 4.69) is 20.8 Å². The van der Waals surface area contributed by atoms with Crippen molar-refractivity contribution in [3.05, 3.63) is 71.0 Å². The SMILES string of the molecule is Nc1n[nH]c2c(F)c(CO)cc(-c3ccc(NC(=O)Nc4cccc(Cl)c4)cc3)c12. The van der Waals surface area contributed by atoms with Crippen LogP contribution in [0.2, 0.25) is 5.02 Å². The summed E-state index contributed by atoms with van der Waals surface area (Å²) >= 11 is 5.91. The highest BCUT2D eigenvalue weighted by Crippen LogP contribution is 2.35. The molecule has 9 heteroatoms. The number of nitrogen functional groups attached to an aromatic ring is 1. The predicted octanol–water partition coefficient (Wildman–Crippen LogP) is 4.74. The van der Waals surface area contributed by atoms with E-state index in [0.29, 0.717) is 27.3 Å². The summed E-state index contributed by atoms with van der Waals surface area (Å²) in [5, 5.41) is 22.3. The fourth-order valence-electron chi connectivity index (χ4n) is 3.19. The standard InChI is InChI=1S/C21H17ClFN5O2/c22-13-2-1-3-15(9-13)26-21(30)25-14-6-4-11(5-7-14)16-8-12(10-29)18(23)19-17(16)20(24)28-27-19/h1-9,29H,10H2,(H3,24,27,28)(H2,25,26,30). The highest BCUT2D eigenvalue weighted by atomic mass is 35.5. The molecule has 0 fully saturated rings. The average molecular weight is 426 g/mol. The maximum atomic E-state index is 14.4. The number of urea groups is 1. The van der Waals surface area contributed by atoms with Gasteiger partial charge in [-0.25, -0.2) is 9.18 Å². The molecule has 0 saturated heterocycles. The van der Waals surface area contributed by atoms with Gasteiger partial charge in [0.25, 0.3) is 0 Å². The highest BCUT2D eigenvalue weighted by molar-refractivity contribution is 6.30. The zero-order chi connectivity index (χ0) is 21.3. The number of rotatable bonds is 4. The lowest BCUT2D eigenvalue weighted by Crippen LogP contribution is -2.19. The minimum Gasteiger partial charge on any atom is -0.392 e. The number of aliphatic hydroxyl groups excluding tert-OH is 1. The summed E-state index contributed by atoms with van der Waals surface area (Å²) in [5.41, 5.74) is 8.64. The van der Waals surface area contributed by atoms with Crippen molar-refractivity contribution in [3.63, 3.8) is 0 Å². The second-order valence-corrected chi connectivity index (χ2v) is 7.02. The Labute approximate surface area is 175 Å². The summed E-state index contributed by atoms with van der Waals surface area (Å²) in [6.07, 6.45) is 0. The number of carbonyl (C=O) groups excluding carboxylic acids is 1. The van der Waals surface area contributed by atoms with Gasteiger partial charge in [0.05, 0.1) is 12.0 Å². The molecule has 2 amide bonds. The number of nitrogens with zero attached hydrogens (tertiary/aromatic N) is 1. The number of nitrogens with two attached hydrogens (primary N) is 1. The normalized spacial score (nSPS) is 10.9. The molecular formula is C21H17ClFN5O2. The van der Waals surface area contributed by atoms with Crippen LogP contribution in [0.25, 0.3) is 22.0 Å². The highest BCUT2D eigenvalue weighted by Gasteiger charge is 2.17. The van der Waals surface area contributed by atoms with Crippen LogP contribution in [0.5, 0.6) is 0 Å². The molecule has 7 nitrogen and oxygen atoms in total. The van der Waals surface area contributed by atoms with Gasteiger partial charge in [-0.2, -0.15) is 5.10 Å². The molecule has 0 aliphatic heterocycles. The van der Waals surface area contributed by atoms with Crippen LogP contribution in [-0.4, -0.2) is 21.3 Å². The Morgan fingerprint density at radius 2 is 1.87 bits per heavy atom. The number of nitrogens with one attached hydrogen (secondary N) is 3. The van der Waals surface area contributed by atoms with Crippen molar-refractivity contribution in [1.82, 2.24) is 10.2 Å². The third-order valence-electron chi connectivity index (χ3n) is 4.59. The molecule has 152 valence electrons. The number of benzene rings is 3. The number of hydrogen-bond acceptors (Lipinski definition) is 4. The van der Waals surface area contributed by atoms with Crippen LogP contribution in [0.1, 0.15) is 5.56 Å². The third-order valence-corrected chi connectivity index (χ3v) is 4.83. The van der Waals surface area contributed by atoms with E-state index in [1.165, 1.54) is 6.07 Å². The van der Waals surface area contributed by atoms with Crippen LogP contribution in [-0.2, 0) is 6.61 Å². The largest absolute Gasteiger partial charge is 0.392 e. The lowest BCUT2D eigenvalue weighted by atomic mass is 9.98. The summed E-state index contributed by atoms with van der Waals surface area (Å²) < 4.78 is 14.4. The van der Waals surface area contributed by atoms with Crippen LogP contribution in [0.15, 0.2) is 54.6 Å². The minimum atomic E-state index is -0.587. The predicted molar refractivity (Wildman–Crippen MR) is 116 cm³/mol. The molecule has 6 N–H and O–H groups in total. The molecule has 30 heavy (non-hydrogen) atoms. The average Bonchev–Trinajstić information content (AvgIpc) is 3.11. The maximum absolute atomic E-state index is 14.4. The summed E-state index contributed by atoms with van der Waals surface area (Å²) in [4.78, 5) is 12.2. The van der Waals surface area contributed by atoms with Gasteiger partial charge in [0.1, 0.15) is 5.52 Å². The molecule has 0 unspecified atom stereocenters. The third kappa shape index (κ3) is 3.78. The fourth-order valence-corrected chi connectivity index (χ4v) is 3.38. The maximum Gasteiger partial charge on any atom is 0.323 e. The summed E-state index contributed by atoms with van der Waals surface area (Å²) in [7, 11) is 0. The smallest absolute Gasteiger partial charge is 0.323 e. The van der Waals surface area contributed by atoms with Gasteiger partial charge in [-0.1, -0.05) is 29.8 Å². The molecule has 0 spiro atoms. The number of halogens is 2. The van der Waals surface area contributed by atoms with Crippen molar-refractivity contribution >= 4 is 45.7 Å². The molecule has 0 radical (unpaired) electrons. The number of carbonyl (C=O) groups is 1. The zero-order valence-corrected chi connectivity index (χ0v) is 16.3. The molecule has 3 aromatic carbocycles. The number of H-pyrrole nitrogens is 1. The van der Waals surface area contributed by atoms with Crippen molar-refractivity contribution in [2.24, 2.45) is 0 Å². The second-order valence-electron chi connectivity index (χ2n) is 6.58. The zero-order valence-electron chi connectivity index (χ0n) is 15.5. The van der Waals surface area contributed by atoms with Gasteiger partial charge in [-0.15, -0.1) is 0 Å². The lowest BCUT2D eigenvalue weighted by molar-refractivity contribution is 0.262. The van der Waals surface area contributed by atoms with E-state index in [0.717, 1.165) is 5.56 Å². The monoisotopic (exact) mass is 425 g/mol. The molecule has 4 rings (SSSR count). The molecule has 0 atom stereocenters. The number of aliphatic hydroxyl groups is 1. The summed E-state index contributed by atoms with van der Waals surface area (Å²) in [6.45, 7) is -0.461. The molecule has 0 saturated carbocycles. The fraction of sp³-hybridized carbons (Fsp3) is 0.0476. The van der Waals surface area contributed by atoms with Crippen LogP contribution in [0.4, 0.5) is 26.4 Å². The van der Waals surface area contributed by atoms with E-state index in [1.807, 2.05) is 0 Å². The molecular weight excluding hydrogens is 409 g/mol. The topological polar surface area (TPSA) is 116 Å². The minimum absolute atomic E-state index is 0.129. The van der Waals surface area contributed by atoms with Gasteiger partial charge < -0.3 is 21.5 Å². The summed E-state index contributed by atoms with van der Waals surface area (Å²) in [6, 6.07) is 14.9. The van der Waals surface area contributed by atoms with E-state index in [1.54, 1.807) is 48.5 Å². The van der Waals surface area contributed by atoms with Gasteiger partial charge in [-0.05, 0) is 47.5 Å². The first kappa shape index (κ1) is 19.7. The van der Waals surface area contributed by atoms with E-state index in [-0.39, 0.29) is 16.9 Å². The second kappa shape index (κ2) is 8.02. The van der Waals surface area contributed by atoms with Gasteiger partial charge in [0.15, 0.2) is 11.6 Å². The molecule has 1 aromatic heterocycles. The van der Waals surface area contributed by atoms with Crippen molar-refractivity contribution < 1.29 is 14.3 Å². The number of anilines is 3. The first-order chi connectivity index (χ1) is 14.5. The Morgan fingerprint density at radius 3 is 2.57 bits per heavy atom. The van der Waals surface area contributed by atoms with E-state index in [4.69, 9.17) is 17.3 Å². The van der Waals surface area contributed by atoms with Crippen molar-refractivity contribution in [2.75, 3.05) is 16.4 Å². The Hall–Kier alpha value is -3.62. The van der Waals surface area contributed by atoms with Gasteiger partial charge in [0, 0.05) is 22.0 Å². The Balaban J connectivity index is 1.59. The number of amides is 2. The van der Waals surface area contributed by atoms with E-state index < -0.39 is 18.5 Å². The van der Waals surface area contributed by atoms with Crippen molar-refractivity contribution in [1.29, 1.82) is 0 Å². The molecule has 4 aromatic rings. The summed E-state index contributed by atoms with van der Waals surface area (Å²) in [5.74, 6) is -0.428. The first-order valence-corrected chi connectivity index (χ1v) is 9.34. The van der Waals surface area contributed by atoms with Gasteiger partial charge in [-0.3, -0.25) is 5.10 Å². The number of aromatic nitrogens is 2. The molecule has 0 bridgehead atoms. The number of fused-ring (bicyclic) bond motifs is 1. The first-order valence-electron chi connectivity index (χ1n) is 8.96. The molecule has 1 heterocycles. The van der Waals surface area contributed by atoms with Gasteiger partial charge >= 0.3 is 6.03 Å². The van der Waals surface area contributed by atoms with Crippen molar-refractivity contribution in [3.8, 4) is 11.1 Å². The Kier molecular flexibility index (Phi) is 5.26. The Bertz CT molecular complexity index is 1240. The van der Waals surface area contributed by atoms with E-state index >= 15 is 0 Å². The van der Waals surface area contributed by atoms with Gasteiger partial charge in [0.2, 0.25) is 0 Å². The van der Waals surface area contributed by atoms with Crippen LogP contribution >= 0.6 is 11.6 Å². The van der Waals surface area contributed by atoms with Crippen molar-refractivity contribution in [2.45, 2.75) is 6.61 Å². The quantitative estimate of drug-likeness (QED) is 0.324. The number of hydrogen-bond donors (Lipinski definition) is 5. The van der Waals surface area contributed by atoms with Crippen LogP contribution in [0.3, 0.4) is 0 Å². The van der Waals surface area contributed by atoms with E-state index in [9.17, 15) is 14.3 Å². The lowest BCUT2D eigenvalue weighted by Gasteiger charge is -2.11. The van der Waals surface area contributed by atoms with Crippen LogP contribution < -0.4 is 16.4 Å². The molecule has 0 aliphatic rings.